The molecule has 2 aromatic rings. The van der Waals surface area contributed by atoms with E-state index in [2.05, 4.69) is 38.9 Å². The summed E-state index contributed by atoms with van der Waals surface area (Å²) < 4.78 is 0.585. The van der Waals surface area contributed by atoms with Crippen molar-refractivity contribution in [3.8, 4) is 0 Å². The predicted molar refractivity (Wildman–Crippen MR) is 77.5 cm³/mol. The Hall–Kier alpha value is -1.33. The van der Waals surface area contributed by atoms with Crippen LogP contribution in [0.2, 0.25) is 0 Å². The number of nitrogens with one attached hydrogen (secondary N) is 1. The minimum Gasteiger partial charge on any atom is -0.478 e. The van der Waals surface area contributed by atoms with Crippen molar-refractivity contribution in [3.05, 3.63) is 50.1 Å². The SMILES string of the molecule is Cc1cscc1CNc1ccc(C(=O)O)c(Br)c1. The lowest BCUT2D eigenvalue weighted by atomic mass is 10.2. The van der Waals surface area contributed by atoms with E-state index in [1.54, 1.807) is 29.5 Å². The number of hydrogen-bond acceptors (Lipinski definition) is 3. The lowest BCUT2D eigenvalue weighted by Crippen LogP contribution is -2.02. The van der Waals surface area contributed by atoms with Crippen molar-refractivity contribution < 1.29 is 9.90 Å². The Labute approximate surface area is 118 Å². The number of carboxylic acid groups (broad SMARTS) is 1. The third-order valence-corrected chi connectivity index (χ3v) is 4.21. The zero-order valence-electron chi connectivity index (χ0n) is 9.74. The molecule has 2 rings (SSSR count). The van der Waals surface area contributed by atoms with E-state index in [1.807, 2.05) is 0 Å². The fourth-order valence-electron chi connectivity index (χ4n) is 1.56. The first-order valence-corrected chi connectivity index (χ1v) is 7.10. The molecule has 0 aliphatic rings. The molecule has 18 heavy (non-hydrogen) atoms. The fraction of sp³-hybridized carbons (Fsp3) is 0.154. The minimum absolute atomic E-state index is 0.271. The third-order valence-electron chi connectivity index (χ3n) is 2.64. The summed E-state index contributed by atoms with van der Waals surface area (Å²) in [6.07, 6.45) is 0. The lowest BCUT2D eigenvalue weighted by Gasteiger charge is -2.08. The third kappa shape index (κ3) is 2.91. The van der Waals surface area contributed by atoms with Gasteiger partial charge in [-0.3, -0.25) is 0 Å². The van der Waals surface area contributed by atoms with Gasteiger partial charge in [0.2, 0.25) is 0 Å². The van der Waals surface area contributed by atoms with Crippen molar-refractivity contribution in [1.82, 2.24) is 0 Å². The molecule has 5 heteroatoms. The molecule has 0 aliphatic heterocycles. The summed E-state index contributed by atoms with van der Waals surface area (Å²) in [5, 5.41) is 16.4. The van der Waals surface area contributed by atoms with Gasteiger partial charge in [-0.25, -0.2) is 4.79 Å². The molecule has 0 saturated heterocycles. The average Bonchev–Trinajstić information content (AvgIpc) is 2.72. The summed E-state index contributed by atoms with van der Waals surface area (Å²) in [6, 6.07) is 5.15. The number of halogens is 1. The van der Waals surface area contributed by atoms with Crippen LogP contribution >= 0.6 is 27.3 Å². The van der Waals surface area contributed by atoms with Crippen LogP contribution in [0.4, 0.5) is 5.69 Å². The van der Waals surface area contributed by atoms with Gasteiger partial charge in [0.15, 0.2) is 0 Å². The van der Waals surface area contributed by atoms with Crippen LogP contribution in [0.3, 0.4) is 0 Å². The molecule has 0 saturated carbocycles. The molecule has 0 fully saturated rings. The smallest absolute Gasteiger partial charge is 0.336 e. The molecular weight excluding hydrogens is 314 g/mol. The van der Waals surface area contributed by atoms with E-state index in [4.69, 9.17) is 5.11 Å². The van der Waals surface area contributed by atoms with E-state index >= 15 is 0 Å². The molecule has 94 valence electrons. The second-order valence-corrected chi connectivity index (χ2v) is 5.53. The van der Waals surface area contributed by atoms with Gasteiger partial charge in [0.25, 0.3) is 0 Å². The number of carboxylic acids is 1. The van der Waals surface area contributed by atoms with Crippen LogP contribution in [0.15, 0.2) is 33.4 Å². The van der Waals surface area contributed by atoms with E-state index in [0.29, 0.717) is 4.47 Å². The van der Waals surface area contributed by atoms with Gasteiger partial charge in [0.1, 0.15) is 0 Å². The van der Waals surface area contributed by atoms with Crippen LogP contribution in [0, 0.1) is 6.92 Å². The number of aryl methyl sites for hydroxylation is 1. The molecule has 0 radical (unpaired) electrons. The second-order valence-electron chi connectivity index (χ2n) is 3.93. The van der Waals surface area contributed by atoms with Gasteiger partial charge in [-0.1, -0.05) is 0 Å². The monoisotopic (exact) mass is 325 g/mol. The average molecular weight is 326 g/mol. The zero-order valence-corrected chi connectivity index (χ0v) is 12.1. The maximum absolute atomic E-state index is 10.9. The minimum atomic E-state index is -0.929. The number of thiophene rings is 1. The lowest BCUT2D eigenvalue weighted by molar-refractivity contribution is 0.0696. The number of rotatable bonds is 4. The summed E-state index contributed by atoms with van der Waals surface area (Å²) in [5.74, 6) is -0.929. The Morgan fingerprint density at radius 3 is 2.78 bits per heavy atom. The molecule has 1 heterocycles. The van der Waals surface area contributed by atoms with Crippen molar-refractivity contribution >= 4 is 38.9 Å². The van der Waals surface area contributed by atoms with Crippen LogP contribution < -0.4 is 5.32 Å². The normalized spacial score (nSPS) is 10.3. The quantitative estimate of drug-likeness (QED) is 0.888. The molecule has 0 unspecified atom stereocenters. The summed E-state index contributed by atoms with van der Waals surface area (Å²) in [7, 11) is 0. The molecule has 1 aromatic heterocycles. The Bertz CT molecular complexity index is 580. The van der Waals surface area contributed by atoms with Gasteiger partial charge in [-0.2, -0.15) is 11.3 Å². The van der Waals surface area contributed by atoms with Crippen LogP contribution in [-0.4, -0.2) is 11.1 Å². The highest BCUT2D eigenvalue weighted by Gasteiger charge is 2.08. The summed E-state index contributed by atoms with van der Waals surface area (Å²) in [4.78, 5) is 10.9. The first kappa shape index (κ1) is 13.1. The van der Waals surface area contributed by atoms with Gasteiger partial charge < -0.3 is 10.4 Å². The van der Waals surface area contributed by atoms with Crippen LogP contribution in [0.5, 0.6) is 0 Å². The molecule has 0 bridgehead atoms. The number of aromatic carboxylic acids is 1. The van der Waals surface area contributed by atoms with Gasteiger partial charge >= 0.3 is 5.97 Å². The van der Waals surface area contributed by atoms with E-state index in [-0.39, 0.29) is 5.56 Å². The van der Waals surface area contributed by atoms with E-state index in [1.165, 1.54) is 11.1 Å². The maximum atomic E-state index is 10.9. The Kier molecular flexibility index (Phi) is 4.04. The molecule has 0 aliphatic carbocycles. The summed E-state index contributed by atoms with van der Waals surface area (Å²) in [5.41, 5.74) is 3.71. The van der Waals surface area contributed by atoms with Crippen LogP contribution in [0.1, 0.15) is 21.5 Å². The largest absolute Gasteiger partial charge is 0.478 e. The predicted octanol–water partition coefficient (Wildman–Crippen LogP) is 4.13. The molecule has 0 atom stereocenters. The van der Waals surface area contributed by atoms with Crippen molar-refractivity contribution in [2.24, 2.45) is 0 Å². The van der Waals surface area contributed by atoms with Crippen molar-refractivity contribution in [2.45, 2.75) is 13.5 Å². The number of carbonyl (C=O) groups is 1. The van der Waals surface area contributed by atoms with Crippen molar-refractivity contribution in [1.29, 1.82) is 0 Å². The standard InChI is InChI=1S/C13H12BrNO2S/c1-8-6-18-7-9(8)5-15-10-2-3-11(13(16)17)12(14)4-10/h2-4,6-7,15H,5H2,1H3,(H,16,17). The molecule has 1 aromatic carbocycles. The highest BCUT2D eigenvalue weighted by atomic mass is 79.9. The van der Waals surface area contributed by atoms with Crippen molar-refractivity contribution in [3.63, 3.8) is 0 Å². The number of anilines is 1. The van der Waals surface area contributed by atoms with Crippen LogP contribution in [0.25, 0.3) is 0 Å². The van der Waals surface area contributed by atoms with Crippen molar-refractivity contribution in [2.75, 3.05) is 5.32 Å². The van der Waals surface area contributed by atoms with Gasteiger partial charge in [-0.05, 0) is 62.9 Å². The van der Waals surface area contributed by atoms with E-state index < -0.39 is 5.97 Å². The molecule has 0 amide bonds. The highest BCUT2D eigenvalue weighted by Crippen LogP contribution is 2.23. The number of hydrogen-bond donors (Lipinski definition) is 2. The van der Waals surface area contributed by atoms with Gasteiger partial charge in [0, 0.05) is 16.7 Å². The highest BCUT2D eigenvalue weighted by molar-refractivity contribution is 9.10. The second kappa shape index (κ2) is 5.54. The topological polar surface area (TPSA) is 49.3 Å². The fourth-order valence-corrected chi connectivity index (χ4v) is 2.97. The Balaban J connectivity index is 2.09. The zero-order chi connectivity index (χ0) is 13.1. The first-order chi connectivity index (χ1) is 8.58. The van der Waals surface area contributed by atoms with Gasteiger partial charge in [-0.15, -0.1) is 0 Å². The molecule has 0 spiro atoms. The summed E-state index contributed by atoms with van der Waals surface area (Å²) >= 11 is 4.95. The maximum Gasteiger partial charge on any atom is 0.336 e. The molecule has 2 N–H and O–H groups in total. The first-order valence-electron chi connectivity index (χ1n) is 5.36. The van der Waals surface area contributed by atoms with Crippen LogP contribution in [-0.2, 0) is 6.54 Å². The van der Waals surface area contributed by atoms with E-state index in [0.717, 1.165) is 12.2 Å². The van der Waals surface area contributed by atoms with Gasteiger partial charge in [0.05, 0.1) is 5.56 Å². The number of benzene rings is 1. The molecular formula is C13H12BrNO2S. The summed E-state index contributed by atoms with van der Waals surface area (Å²) in [6.45, 7) is 2.82. The Morgan fingerprint density at radius 1 is 1.44 bits per heavy atom. The molecule has 3 nitrogen and oxygen atoms in total. The van der Waals surface area contributed by atoms with E-state index in [9.17, 15) is 4.79 Å². The Morgan fingerprint density at radius 2 is 2.22 bits per heavy atom.